The molecule has 1 aromatic carbocycles. The van der Waals surface area contributed by atoms with Gasteiger partial charge in [-0.1, -0.05) is 19.1 Å². The van der Waals surface area contributed by atoms with E-state index in [9.17, 15) is 9.59 Å². The van der Waals surface area contributed by atoms with E-state index < -0.39 is 5.97 Å². The molecule has 2 rings (SSSR count). The monoisotopic (exact) mass is 233 g/mol. The predicted molar refractivity (Wildman–Crippen MR) is 63.9 cm³/mol. The number of fused-ring (bicyclic) bond motifs is 1. The summed E-state index contributed by atoms with van der Waals surface area (Å²) in [6.45, 7) is 1.87. The first-order chi connectivity index (χ1) is 8.10. The largest absolute Gasteiger partial charge is 0.481 e. The van der Waals surface area contributed by atoms with E-state index in [1.807, 2.05) is 25.1 Å². The number of nitrogens with one attached hydrogen (secondary N) is 1. The molecule has 1 atom stereocenters. The summed E-state index contributed by atoms with van der Waals surface area (Å²) in [7, 11) is 0. The molecule has 0 bridgehead atoms. The van der Waals surface area contributed by atoms with Gasteiger partial charge in [-0.25, -0.2) is 0 Å². The fourth-order valence-electron chi connectivity index (χ4n) is 2.10. The molecule has 1 aliphatic heterocycles. The van der Waals surface area contributed by atoms with Crippen LogP contribution in [0.4, 0.5) is 5.69 Å². The quantitative estimate of drug-likeness (QED) is 0.833. The number of carboxylic acid groups (broad SMARTS) is 1. The topological polar surface area (TPSA) is 66.4 Å². The van der Waals surface area contributed by atoms with Gasteiger partial charge in [0.1, 0.15) is 0 Å². The highest BCUT2D eigenvalue weighted by Crippen LogP contribution is 2.25. The summed E-state index contributed by atoms with van der Waals surface area (Å²) in [5.74, 6) is -1.11. The van der Waals surface area contributed by atoms with Gasteiger partial charge in [0.05, 0.1) is 12.3 Å². The van der Waals surface area contributed by atoms with Crippen molar-refractivity contribution in [2.24, 2.45) is 5.92 Å². The molecule has 1 heterocycles. The molecule has 0 aromatic heterocycles. The third kappa shape index (κ3) is 2.46. The maximum Gasteiger partial charge on any atom is 0.306 e. The molecule has 1 unspecified atom stereocenters. The van der Waals surface area contributed by atoms with Gasteiger partial charge in [0, 0.05) is 5.69 Å². The summed E-state index contributed by atoms with van der Waals surface area (Å²) < 4.78 is 0. The van der Waals surface area contributed by atoms with Crippen molar-refractivity contribution in [3.05, 3.63) is 29.3 Å². The first-order valence-corrected chi connectivity index (χ1v) is 5.74. The normalized spacial score (nSPS) is 15.2. The molecule has 4 heteroatoms. The molecule has 0 aliphatic carbocycles. The number of hydrogen-bond donors (Lipinski definition) is 2. The van der Waals surface area contributed by atoms with E-state index in [1.54, 1.807) is 0 Å². The van der Waals surface area contributed by atoms with Gasteiger partial charge in [0.2, 0.25) is 5.91 Å². The Morgan fingerprint density at radius 1 is 1.53 bits per heavy atom. The summed E-state index contributed by atoms with van der Waals surface area (Å²) >= 11 is 0. The van der Waals surface area contributed by atoms with Crippen LogP contribution in [-0.4, -0.2) is 17.0 Å². The number of carboxylic acids is 1. The predicted octanol–water partition coefficient (Wildman–Crippen LogP) is 1.83. The summed E-state index contributed by atoms with van der Waals surface area (Å²) in [4.78, 5) is 22.1. The molecule has 0 saturated carbocycles. The molecule has 4 nitrogen and oxygen atoms in total. The first kappa shape index (κ1) is 11.6. The Hall–Kier alpha value is -1.84. The van der Waals surface area contributed by atoms with Gasteiger partial charge in [-0.05, 0) is 30.0 Å². The van der Waals surface area contributed by atoms with Crippen molar-refractivity contribution >= 4 is 17.6 Å². The van der Waals surface area contributed by atoms with Gasteiger partial charge in [-0.3, -0.25) is 9.59 Å². The van der Waals surface area contributed by atoms with Crippen molar-refractivity contribution in [2.45, 2.75) is 26.2 Å². The zero-order chi connectivity index (χ0) is 12.4. The molecule has 0 radical (unpaired) electrons. The Kier molecular flexibility index (Phi) is 3.13. The van der Waals surface area contributed by atoms with E-state index in [4.69, 9.17) is 5.11 Å². The Labute approximate surface area is 99.6 Å². The van der Waals surface area contributed by atoms with Crippen LogP contribution in [0.3, 0.4) is 0 Å². The van der Waals surface area contributed by atoms with Crippen molar-refractivity contribution in [2.75, 3.05) is 5.32 Å². The lowest BCUT2D eigenvalue weighted by Gasteiger charge is -2.10. The molecule has 17 heavy (non-hydrogen) atoms. The van der Waals surface area contributed by atoms with Crippen LogP contribution in [0.15, 0.2) is 18.2 Å². The Bertz CT molecular complexity index is 468. The van der Waals surface area contributed by atoms with Crippen molar-refractivity contribution in [3.63, 3.8) is 0 Å². The number of benzene rings is 1. The van der Waals surface area contributed by atoms with Gasteiger partial charge in [-0.2, -0.15) is 0 Å². The molecule has 1 aliphatic rings. The minimum atomic E-state index is -0.762. The molecule has 0 fully saturated rings. The molecule has 1 aromatic rings. The molecular formula is C13H15NO3. The van der Waals surface area contributed by atoms with E-state index in [-0.39, 0.29) is 11.8 Å². The molecule has 90 valence electrons. The second-order valence-electron chi connectivity index (χ2n) is 4.36. The van der Waals surface area contributed by atoms with Crippen molar-refractivity contribution < 1.29 is 14.7 Å². The van der Waals surface area contributed by atoms with Crippen LogP contribution >= 0.6 is 0 Å². The zero-order valence-electron chi connectivity index (χ0n) is 9.69. The van der Waals surface area contributed by atoms with Crippen LogP contribution in [0.25, 0.3) is 0 Å². The van der Waals surface area contributed by atoms with E-state index >= 15 is 0 Å². The lowest BCUT2D eigenvalue weighted by Crippen LogP contribution is -2.15. The maximum absolute atomic E-state index is 11.2. The van der Waals surface area contributed by atoms with Crippen LogP contribution in [-0.2, 0) is 22.4 Å². The van der Waals surface area contributed by atoms with Gasteiger partial charge in [-0.15, -0.1) is 0 Å². The standard InChI is InChI=1S/C13H15NO3/c1-2-9(13(16)17)5-8-3-4-11-10(6-8)7-12(15)14-11/h3-4,6,9H,2,5,7H2,1H3,(H,14,15)(H,16,17). The van der Waals surface area contributed by atoms with E-state index in [0.29, 0.717) is 19.3 Å². The van der Waals surface area contributed by atoms with Gasteiger partial charge in [0.25, 0.3) is 0 Å². The lowest BCUT2D eigenvalue weighted by atomic mass is 9.95. The highest BCUT2D eigenvalue weighted by molar-refractivity contribution is 5.99. The van der Waals surface area contributed by atoms with Gasteiger partial charge in [0.15, 0.2) is 0 Å². The maximum atomic E-state index is 11.2. The van der Waals surface area contributed by atoms with Gasteiger partial charge < -0.3 is 10.4 Å². The zero-order valence-corrected chi connectivity index (χ0v) is 9.69. The van der Waals surface area contributed by atoms with Gasteiger partial charge >= 0.3 is 5.97 Å². The van der Waals surface area contributed by atoms with E-state index in [2.05, 4.69) is 5.32 Å². The first-order valence-electron chi connectivity index (χ1n) is 5.74. The smallest absolute Gasteiger partial charge is 0.306 e. The van der Waals surface area contributed by atoms with Crippen LogP contribution in [0.5, 0.6) is 0 Å². The molecule has 0 saturated heterocycles. The minimum absolute atomic E-state index is 0.00225. The average Bonchev–Trinajstić information content (AvgIpc) is 2.64. The van der Waals surface area contributed by atoms with Crippen molar-refractivity contribution in [1.82, 2.24) is 0 Å². The van der Waals surface area contributed by atoms with Crippen LogP contribution in [0.1, 0.15) is 24.5 Å². The Balaban J connectivity index is 2.16. The SMILES string of the molecule is CCC(Cc1ccc2c(c1)CC(=O)N2)C(=O)O. The fourth-order valence-corrected chi connectivity index (χ4v) is 2.10. The molecular weight excluding hydrogens is 218 g/mol. The highest BCUT2D eigenvalue weighted by atomic mass is 16.4. The van der Waals surface area contributed by atoms with Crippen molar-refractivity contribution in [1.29, 1.82) is 0 Å². The minimum Gasteiger partial charge on any atom is -0.481 e. The molecule has 1 amide bonds. The van der Waals surface area contributed by atoms with E-state index in [0.717, 1.165) is 16.8 Å². The number of carbonyl (C=O) groups is 2. The summed E-state index contributed by atoms with van der Waals surface area (Å²) in [6, 6.07) is 5.67. The summed E-state index contributed by atoms with van der Waals surface area (Å²) in [5, 5.41) is 11.8. The van der Waals surface area contributed by atoms with Crippen LogP contribution in [0.2, 0.25) is 0 Å². The third-order valence-electron chi connectivity index (χ3n) is 3.12. The molecule has 2 N–H and O–H groups in total. The Morgan fingerprint density at radius 3 is 2.94 bits per heavy atom. The van der Waals surface area contributed by atoms with E-state index in [1.165, 1.54) is 0 Å². The fraction of sp³-hybridized carbons (Fsp3) is 0.385. The molecule has 0 spiro atoms. The third-order valence-corrected chi connectivity index (χ3v) is 3.12. The second-order valence-corrected chi connectivity index (χ2v) is 4.36. The Morgan fingerprint density at radius 2 is 2.29 bits per heavy atom. The summed E-state index contributed by atoms with van der Waals surface area (Å²) in [5.41, 5.74) is 2.80. The van der Waals surface area contributed by atoms with Crippen LogP contribution in [0, 0.1) is 5.92 Å². The number of carbonyl (C=O) groups excluding carboxylic acids is 1. The number of amides is 1. The average molecular weight is 233 g/mol. The number of anilines is 1. The number of hydrogen-bond acceptors (Lipinski definition) is 2. The highest BCUT2D eigenvalue weighted by Gasteiger charge is 2.20. The lowest BCUT2D eigenvalue weighted by molar-refractivity contribution is -0.141. The summed E-state index contributed by atoms with van der Waals surface area (Å²) in [6.07, 6.45) is 1.53. The second kappa shape index (κ2) is 4.57. The van der Waals surface area contributed by atoms with Crippen LogP contribution < -0.4 is 5.32 Å². The number of rotatable bonds is 4. The van der Waals surface area contributed by atoms with Crippen molar-refractivity contribution in [3.8, 4) is 0 Å². The number of aliphatic carboxylic acids is 1.